The van der Waals surface area contributed by atoms with Crippen LogP contribution in [-0.4, -0.2) is 38.0 Å². The Morgan fingerprint density at radius 2 is 1.64 bits per heavy atom. The SMILES string of the molecule is CC(=O)Nc1cc2ccccc2c(=NCCN(C)C)c2ccccc12. The Morgan fingerprint density at radius 1 is 1.00 bits per heavy atom. The number of hydrogen-bond acceptors (Lipinski definition) is 3. The molecule has 0 spiro atoms. The maximum atomic E-state index is 11.7. The van der Waals surface area contributed by atoms with Gasteiger partial charge in [-0.3, -0.25) is 9.79 Å². The number of nitrogens with one attached hydrogen (secondary N) is 1. The molecule has 0 fully saturated rings. The first-order chi connectivity index (χ1) is 12.1. The highest BCUT2D eigenvalue weighted by molar-refractivity contribution is 6.05. The fraction of sp³-hybridized carbons (Fsp3) is 0.238. The minimum atomic E-state index is -0.0773. The molecular formula is C21H23N3O. The van der Waals surface area contributed by atoms with Crippen molar-refractivity contribution in [2.75, 3.05) is 32.5 Å². The maximum absolute atomic E-state index is 11.7. The van der Waals surface area contributed by atoms with Crippen LogP contribution in [-0.2, 0) is 4.79 Å². The van der Waals surface area contributed by atoms with E-state index in [2.05, 4.69) is 28.4 Å². The second-order valence-electron chi connectivity index (χ2n) is 6.41. The van der Waals surface area contributed by atoms with Crippen LogP contribution in [0.3, 0.4) is 0 Å². The highest BCUT2D eigenvalue weighted by Gasteiger charge is 2.07. The first kappa shape index (κ1) is 17.1. The molecule has 1 N–H and O–H groups in total. The highest BCUT2D eigenvalue weighted by Crippen LogP contribution is 2.24. The average molecular weight is 333 g/mol. The van der Waals surface area contributed by atoms with E-state index >= 15 is 0 Å². The van der Waals surface area contributed by atoms with E-state index in [1.807, 2.05) is 50.5 Å². The minimum absolute atomic E-state index is 0.0773. The Bertz CT molecular complexity index is 993. The summed E-state index contributed by atoms with van der Waals surface area (Å²) in [7, 11) is 4.09. The second kappa shape index (κ2) is 7.45. The van der Waals surface area contributed by atoms with Crippen molar-refractivity contribution in [2.24, 2.45) is 4.99 Å². The largest absolute Gasteiger partial charge is 0.326 e. The van der Waals surface area contributed by atoms with Crippen LogP contribution in [0.1, 0.15) is 6.92 Å². The summed E-state index contributed by atoms with van der Waals surface area (Å²) in [6.07, 6.45) is 0. The third-order valence-corrected chi connectivity index (χ3v) is 4.12. The van der Waals surface area contributed by atoms with Crippen LogP contribution < -0.4 is 10.7 Å². The van der Waals surface area contributed by atoms with Crippen molar-refractivity contribution in [2.45, 2.75) is 6.92 Å². The standard InChI is InChI=1S/C21H23N3O/c1-15(25)23-20-14-16-8-4-5-9-17(16)21(22-12-13-24(2)3)19-11-7-6-10-18(19)20/h4-11,14H,12-13H2,1-3H3,(H,23,25). The molecule has 128 valence electrons. The van der Waals surface area contributed by atoms with E-state index < -0.39 is 0 Å². The molecule has 0 saturated heterocycles. The van der Waals surface area contributed by atoms with E-state index in [1.165, 1.54) is 6.92 Å². The van der Waals surface area contributed by atoms with Gasteiger partial charge in [0.2, 0.25) is 5.91 Å². The van der Waals surface area contributed by atoms with Gasteiger partial charge in [0, 0.05) is 35.3 Å². The number of benzene rings is 2. The van der Waals surface area contributed by atoms with Crippen molar-refractivity contribution in [1.29, 1.82) is 0 Å². The fourth-order valence-corrected chi connectivity index (χ4v) is 2.97. The predicted octanol–water partition coefficient (Wildman–Crippen LogP) is 3.41. The summed E-state index contributed by atoms with van der Waals surface area (Å²) in [5.74, 6) is -0.0773. The van der Waals surface area contributed by atoms with Crippen molar-refractivity contribution in [3.63, 3.8) is 0 Å². The molecule has 0 saturated carbocycles. The Morgan fingerprint density at radius 3 is 2.32 bits per heavy atom. The van der Waals surface area contributed by atoms with Crippen LogP contribution in [0.15, 0.2) is 59.6 Å². The Labute approximate surface area is 147 Å². The zero-order valence-electron chi connectivity index (χ0n) is 14.9. The molecular weight excluding hydrogens is 310 g/mol. The predicted molar refractivity (Wildman–Crippen MR) is 105 cm³/mol. The normalized spacial score (nSPS) is 12.1. The molecule has 0 aliphatic carbocycles. The Balaban J connectivity index is 2.40. The van der Waals surface area contributed by atoms with Crippen LogP contribution >= 0.6 is 0 Å². The van der Waals surface area contributed by atoms with E-state index in [0.717, 1.165) is 45.7 Å². The van der Waals surface area contributed by atoms with Crippen molar-refractivity contribution < 1.29 is 4.79 Å². The van der Waals surface area contributed by atoms with Gasteiger partial charge in [0.1, 0.15) is 0 Å². The molecule has 0 aliphatic rings. The summed E-state index contributed by atoms with van der Waals surface area (Å²) in [5.41, 5.74) is 0.813. The molecule has 25 heavy (non-hydrogen) atoms. The van der Waals surface area contributed by atoms with Crippen LogP contribution in [0.5, 0.6) is 0 Å². The van der Waals surface area contributed by atoms with Crippen molar-refractivity contribution >= 4 is 33.1 Å². The van der Waals surface area contributed by atoms with Crippen molar-refractivity contribution in [3.8, 4) is 0 Å². The molecule has 0 aliphatic heterocycles. The van der Waals surface area contributed by atoms with Crippen LogP contribution in [0.4, 0.5) is 5.69 Å². The summed E-state index contributed by atoms with van der Waals surface area (Å²) in [6, 6.07) is 18.3. The molecule has 0 aromatic heterocycles. The lowest BCUT2D eigenvalue weighted by molar-refractivity contribution is -0.114. The third-order valence-electron chi connectivity index (χ3n) is 4.12. The van der Waals surface area contributed by atoms with Gasteiger partial charge in [0.25, 0.3) is 0 Å². The smallest absolute Gasteiger partial charge is 0.221 e. The number of amides is 1. The molecule has 4 heteroatoms. The first-order valence-electron chi connectivity index (χ1n) is 8.44. The molecule has 3 aromatic carbocycles. The number of likely N-dealkylation sites (N-methyl/N-ethyl adjacent to an activating group) is 1. The number of carbonyl (C=O) groups excluding carboxylic acids is 1. The molecule has 1 amide bonds. The van der Waals surface area contributed by atoms with Gasteiger partial charge in [-0.2, -0.15) is 0 Å². The van der Waals surface area contributed by atoms with E-state index in [9.17, 15) is 4.79 Å². The molecule has 0 atom stereocenters. The lowest BCUT2D eigenvalue weighted by Crippen LogP contribution is -2.17. The lowest BCUT2D eigenvalue weighted by Gasteiger charge is -2.06. The zero-order chi connectivity index (χ0) is 17.8. The number of hydrogen-bond donors (Lipinski definition) is 1. The molecule has 0 bridgehead atoms. The Hall–Kier alpha value is -2.72. The number of rotatable bonds is 4. The average Bonchev–Trinajstić information content (AvgIpc) is 2.70. The second-order valence-corrected chi connectivity index (χ2v) is 6.41. The molecule has 3 aromatic rings. The molecule has 0 radical (unpaired) electrons. The van der Waals surface area contributed by atoms with Crippen LogP contribution in [0.25, 0.3) is 21.5 Å². The van der Waals surface area contributed by atoms with Gasteiger partial charge in [-0.1, -0.05) is 48.5 Å². The summed E-state index contributed by atoms with van der Waals surface area (Å²) in [4.78, 5) is 18.7. The zero-order valence-corrected chi connectivity index (χ0v) is 14.9. The third kappa shape index (κ3) is 3.86. The molecule has 3 rings (SSSR count). The van der Waals surface area contributed by atoms with Gasteiger partial charge in [0.15, 0.2) is 0 Å². The number of carbonyl (C=O) groups is 1. The van der Waals surface area contributed by atoms with Crippen molar-refractivity contribution in [3.05, 3.63) is 60.0 Å². The topological polar surface area (TPSA) is 44.7 Å². The van der Waals surface area contributed by atoms with E-state index in [-0.39, 0.29) is 5.91 Å². The molecule has 4 nitrogen and oxygen atoms in total. The summed E-state index contributed by atoms with van der Waals surface area (Å²) < 4.78 is 0. The monoisotopic (exact) mass is 333 g/mol. The lowest BCUT2D eigenvalue weighted by atomic mass is 10.1. The number of nitrogens with zero attached hydrogens (tertiary/aromatic N) is 2. The van der Waals surface area contributed by atoms with Crippen molar-refractivity contribution in [1.82, 2.24) is 4.90 Å². The van der Waals surface area contributed by atoms with E-state index in [0.29, 0.717) is 0 Å². The fourth-order valence-electron chi connectivity index (χ4n) is 2.97. The number of anilines is 1. The van der Waals surface area contributed by atoms with Gasteiger partial charge in [-0.15, -0.1) is 0 Å². The van der Waals surface area contributed by atoms with E-state index in [4.69, 9.17) is 4.99 Å². The highest BCUT2D eigenvalue weighted by atomic mass is 16.1. The van der Waals surface area contributed by atoms with Gasteiger partial charge in [-0.25, -0.2) is 0 Å². The summed E-state index contributed by atoms with van der Waals surface area (Å²) in [6.45, 7) is 3.15. The minimum Gasteiger partial charge on any atom is -0.326 e. The first-order valence-corrected chi connectivity index (χ1v) is 8.44. The molecule has 0 heterocycles. The maximum Gasteiger partial charge on any atom is 0.221 e. The van der Waals surface area contributed by atoms with E-state index in [1.54, 1.807) is 0 Å². The summed E-state index contributed by atoms with van der Waals surface area (Å²) >= 11 is 0. The van der Waals surface area contributed by atoms with Crippen LogP contribution in [0.2, 0.25) is 0 Å². The van der Waals surface area contributed by atoms with Gasteiger partial charge >= 0.3 is 0 Å². The Kier molecular flexibility index (Phi) is 5.10. The van der Waals surface area contributed by atoms with Gasteiger partial charge in [0.05, 0.1) is 11.9 Å². The quantitative estimate of drug-likeness (QED) is 0.795. The molecule has 0 unspecified atom stereocenters. The van der Waals surface area contributed by atoms with Crippen LogP contribution in [0, 0.1) is 0 Å². The number of fused-ring (bicyclic) bond motifs is 2. The van der Waals surface area contributed by atoms with Gasteiger partial charge in [-0.05, 0) is 25.5 Å². The van der Waals surface area contributed by atoms with Gasteiger partial charge < -0.3 is 10.2 Å². The summed E-state index contributed by atoms with van der Waals surface area (Å²) in [5, 5.41) is 8.15.